The molecule has 1 heterocycles. The van der Waals surface area contributed by atoms with Crippen LogP contribution in [0, 0.1) is 0 Å². The van der Waals surface area contributed by atoms with Gasteiger partial charge in [0.2, 0.25) is 0 Å². The van der Waals surface area contributed by atoms with Crippen LogP contribution >= 0.6 is 0 Å². The van der Waals surface area contributed by atoms with Crippen LogP contribution in [-0.2, 0) is 25.7 Å². The lowest BCUT2D eigenvalue weighted by Gasteiger charge is -2.22. The summed E-state index contributed by atoms with van der Waals surface area (Å²) in [7, 11) is 0. The fourth-order valence-corrected chi connectivity index (χ4v) is 2.39. The van der Waals surface area contributed by atoms with Crippen molar-refractivity contribution in [2.45, 2.75) is 50.9 Å². The van der Waals surface area contributed by atoms with Gasteiger partial charge in [0.05, 0.1) is 13.2 Å². The number of aliphatic hydroxyl groups excluding tert-OH is 1. The third-order valence-corrected chi connectivity index (χ3v) is 3.63. The van der Waals surface area contributed by atoms with E-state index in [2.05, 4.69) is 0 Å². The molecule has 1 N–H and O–H groups in total. The van der Waals surface area contributed by atoms with E-state index in [9.17, 15) is 14.7 Å². The first-order chi connectivity index (χ1) is 10.6. The average Bonchev–Trinajstić information content (AvgIpc) is 2.51. The van der Waals surface area contributed by atoms with Crippen LogP contribution in [0.5, 0.6) is 0 Å². The summed E-state index contributed by atoms with van der Waals surface area (Å²) in [6, 6.07) is 9.65. The molecular weight excluding hydrogens is 284 g/mol. The van der Waals surface area contributed by atoms with Gasteiger partial charge in [-0.15, -0.1) is 0 Å². The zero-order valence-corrected chi connectivity index (χ0v) is 12.6. The normalized spacial score (nSPS) is 23.9. The number of rotatable bonds is 4. The smallest absolute Gasteiger partial charge is 0.306 e. The van der Waals surface area contributed by atoms with Gasteiger partial charge in [0.25, 0.3) is 0 Å². The van der Waals surface area contributed by atoms with Crippen LogP contribution in [0.25, 0.3) is 0 Å². The van der Waals surface area contributed by atoms with E-state index < -0.39 is 12.2 Å². The Morgan fingerprint density at radius 1 is 1.14 bits per heavy atom. The van der Waals surface area contributed by atoms with Crippen molar-refractivity contribution >= 4 is 11.8 Å². The summed E-state index contributed by atoms with van der Waals surface area (Å²) in [5.74, 6) is -0.485. The van der Waals surface area contributed by atoms with Crippen molar-refractivity contribution < 1.29 is 24.2 Å². The SMILES string of the molecule is O=C1CCCCC(=O)[C@H](O)C[C@H](COCc2ccccc2)O1. The van der Waals surface area contributed by atoms with E-state index in [4.69, 9.17) is 9.47 Å². The van der Waals surface area contributed by atoms with E-state index >= 15 is 0 Å². The fourth-order valence-electron chi connectivity index (χ4n) is 2.39. The van der Waals surface area contributed by atoms with Crippen molar-refractivity contribution in [2.24, 2.45) is 0 Å². The molecule has 0 spiro atoms. The van der Waals surface area contributed by atoms with Crippen molar-refractivity contribution in [3.63, 3.8) is 0 Å². The van der Waals surface area contributed by atoms with Crippen LogP contribution < -0.4 is 0 Å². The van der Waals surface area contributed by atoms with Gasteiger partial charge in [-0.3, -0.25) is 9.59 Å². The van der Waals surface area contributed by atoms with E-state index in [1.807, 2.05) is 30.3 Å². The van der Waals surface area contributed by atoms with Crippen LogP contribution in [0.15, 0.2) is 30.3 Å². The van der Waals surface area contributed by atoms with Crippen molar-refractivity contribution in [1.29, 1.82) is 0 Å². The Balaban J connectivity index is 1.87. The van der Waals surface area contributed by atoms with Gasteiger partial charge < -0.3 is 14.6 Å². The molecule has 5 heteroatoms. The average molecular weight is 306 g/mol. The molecule has 1 saturated heterocycles. The molecule has 0 aromatic heterocycles. The third-order valence-electron chi connectivity index (χ3n) is 3.63. The Morgan fingerprint density at radius 3 is 2.64 bits per heavy atom. The Hall–Kier alpha value is -1.72. The first kappa shape index (κ1) is 16.6. The molecule has 0 aliphatic carbocycles. The Morgan fingerprint density at radius 2 is 1.86 bits per heavy atom. The molecule has 2 rings (SSSR count). The molecule has 0 unspecified atom stereocenters. The highest BCUT2D eigenvalue weighted by atomic mass is 16.6. The Kier molecular flexibility index (Phi) is 6.55. The maximum Gasteiger partial charge on any atom is 0.306 e. The number of esters is 1. The lowest BCUT2D eigenvalue weighted by Crippen LogP contribution is -2.32. The van der Waals surface area contributed by atoms with Gasteiger partial charge in [-0.05, 0) is 18.4 Å². The predicted octanol–water partition coefficient (Wildman–Crippen LogP) is 2.01. The molecule has 1 fully saturated rings. The number of carbonyl (C=O) groups is 2. The highest BCUT2D eigenvalue weighted by Crippen LogP contribution is 2.14. The number of Topliss-reactive ketones (excluding diaryl/α,β-unsaturated/α-hetero) is 1. The van der Waals surface area contributed by atoms with Crippen LogP contribution in [-0.4, -0.2) is 35.7 Å². The number of carbonyl (C=O) groups excluding carboxylic acids is 2. The van der Waals surface area contributed by atoms with Gasteiger partial charge in [-0.1, -0.05) is 30.3 Å². The van der Waals surface area contributed by atoms with Gasteiger partial charge >= 0.3 is 5.97 Å². The molecule has 1 aromatic rings. The minimum Gasteiger partial charge on any atom is -0.460 e. The van der Waals surface area contributed by atoms with Gasteiger partial charge in [0.1, 0.15) is 12.2 Å². The standard InChI is InChI=1S/C17H22O5/c18-15-8-4-5-9-17(20)22-14(10-16(15)19)12-21-11-13-6-2-1-3-7-13/h1-3,6-7,14,16,19H,4-5,8-12H2/t14-,16-/m1/s1. The summed E-state index contributed by atoms with van der Waals surface area (Å²) < 4.78 is 10.9. The van der Waals surface area contributed by atoms with E-state index in [-0.39, 0.29) is 24.8 Å². The summed E-state index contributed by atoms with van der Waals surface area (Å²) in [4.78, 5) is 23.4. The number of ketones is 1. The molecule has 0 amide bonds. The monoisotopic (exact) mass is 306 g/mol. The quantitative estimate of drug-likeness (QED) is 0.861. The summed E-state index contributed by atoms with van der Waals surface area (Å²) in [6.45, 7) is 0.573. The molecule has 0 saturated carbocycles. The number of cyclic esters (lactones) is 1. The van der Waals surface area contributed by atoms with Crippen LogP contribution in [0.3, 0.4) is 0 Å². The Labute approximate surface area is 130 Å². The molecule has 22 heavy (non-hydrogen) atoms. The van der Waals surface area contributed by atoms with Crippen LogP contribution in [0.4, 0.5) is 0 Å². The third kappa shape index (κ3) is 5.58. The van der Waals surface area contributed by atoms with Crippen molar-refractivity contribution in [3.05, 3.63) is 35.9 Å². The zero-order valence-electron chi connectivity index (χ0n) is 12.6. The first-order valence-corrected chi connectivity index (χ1v) is 7.67. The predicted molar refractivity (Wildman–Crippen MR) is 80.1 cm³/mol. The molecule has 0 bridgehead atoms. The van der Waals surface area contributed by atoms with Gasteiger partial charge in [-0.2, -0.15) is 0 Å². The lowest BCUT2D eigenvalue weighted by atomic mass is 10.0. The first-order valence-electron chi connectivity index (χ1n) is 7.67. The zero-order chi connectivity index (χ0) is 15.8. The fraction of sp³-hybridized carbons (Fsp3) is 0.529. The largest absolute Gasteiger partial charge is 0.460 e. The molecule has 5 nitrogen and oxygen atoms in total. The second kappa shape index (κ2) is 8.66. The van der Waals surface area contributed by atoms with Gasteiger partial charge in [0, 0.05) is 19.3 Å². The Bertz CT molecular complexity index is 485. The number of benzene rings is 1. The van der Waals surface area contributed by atoms with Gasteiger partial charge in [0.15, 0.2) is 5.78 Å². The van der Waals surface area contributed by atoms with Crippen molar-refractivity contribution in [3.8, 4) is 0 Å². The minimum atomic E-state index is -1.09. The molecule has 1 aromatic carbocycles. The summed E-state index contributed by atoms with van der Waals surface area (Å²) in [5, 5.41) is 9.88. The summed E-state index contributed by atoms with van der Waals surface area (Å²) in [6.07, 6.45) is 0.253. The van der Waals surface area contributed by atoms with E-state index in [1.54, 1.807) is 0 Å². The highest BCUT2D eigenvalue weighted by Gasteiger charge is 2.25. The lowest BCUT2D eigenvalue weighted by molar-refractivity contribution is -0.156. The van der Waals surface area contributed by atoms with Crippen molar-refractivity contribution in [1.82, 2.24) is 0 Å². The van der Waals surface area contributed by atoms with E-state index in [0.717, 1.165) is 5.56 Å². The molecule has 2 atom stereocenters. The van der Waals surface area contributed by atoms with Gasteiger partial charge in [-0.25, -0.2) is 0 Å². The van der Waals surface area contributed by atoms with Crippen LogP contribution in [0.1, 0.15) is 37.7 Å². The highest BCUT2D eigenvalue weighted by molar-refractivity contribution is 5.83. The van der Waals surface area contributed by atoms with E-state index in [1.165, 1.54) is 0 Å². The maximum absolute atomic E-state index is 11.7. The second-order valence-corrected chi connectivity index (χ2v) is 5.54. The number of hydrogen-bond donors (Lipinski definition) is 1. The van der Waals surface area contributed by atoms with E-state index in [0.29, 0.717) is 32.3 Å². The van der Waals surface area contributed by atoms with Crippen LogP contribution in [0.2, 0.25) is 0 Å². The number of aliphatic hydroxyl groups is 1. The number of ether oxygens (including phenoxy) is 2. The minimum absolute atomic E-state index is 0.0966. The number of hydrogen-bond acceptors (Lipinski definition) is 5. The molecule has 0 radical (unpaired) electrons. The molecule has 120 valence electrons. The molecule has 1 aliphatic rings. The molecule has 1 aliphatic heterocycles. The molecular formula is C17H22O5. The summed E-state index contributed by atoms with van der Waals surface area (Å²) >= 11 is 0. The van der Waals surface area contributed by atoms with Crippen molar-refractivity contribution in [2.75, 3.05) is 6.61 Å². The second-order valence-electron chi connectivity index (χ2n) is 5.54. The summed E-state index contributed by atoms with van der Waals surface area (Å²) in [5.41, 5.74) is 1.02. The maximum atomic E-state index is 11.7. The topological polar surface area (TPSA) is 72.8 Å².